The van der Waals surface area contributed by atoms with Crippen LogP contribution >= 0.6 is 0 Å². The first kappa shape index (κ1) is 27.3. The Morgan fingerprint density at radius 1 is 0.811 bits per heavy atom. The standard InChI is InChI=1S/C28H38O9/c1-13-20(33)12-19-22(35-16(4)30)28-14(2)21(34-15(3)29)10-11-26(28,9)23(36-17(5)31)24(37-18(6)32)27(13,28)25(19,7)8/h13,19,21-24H,2,10-12H2,1,3-9H3/t13-,19+,21+,22-,23+,24+,26+,27?,28?/m1/s1. The third kappa shape index (κ3) is 3.12. The van der Waals surface area contributed by atoms with Gasteiger partial charge in [-0.2, -0.15) is 0 Å². The SMILES string of the molecule is C=C1[C@@H](OC(C)=O)CC[C@@]2(C)[C@@H](OC(C)=O)[C@H](OC(C)=O)C34[C@H](C)C(=O)C[C@@H]([C@@H](OC(C)=O)C132)C4(C)C. The molecule has 2 bridgehead atoms. The first-order valence-corrected chi connectivity index (χ1v) is 12.9. The van der Waals surface area contributed by atoms with Gasteiger partial charge in [-0.25, -0.2) is 0 Å². The zero-order valence-corrected chi connectivity index (χ0v) is 23.0. The Bertz CT molecular complexity index is 1090. The van der Waals surface area contributed by atoms with Crippen LogP contribution in [-0.4, -0.2) is 54.1 Å². The molecule has 0 aromatic rings. The average Bonchev–Trinajstić information content (AvgIpc) is 2.99. The molecule has 37 heavy (non-hydrogen) atoms. The van der Waals surface area contributed by atoms with E-state index in [1.807, 2.05) is 27.7 Å². The molecule has 0 aromatic heterocycles. The molecule has 4 saturated carbocycles. The van der Waals surface area contributed by atoms with Crippen LogP contribution in [0.5, 0.6) is 0 Å². The monoisotopic (exact) mass is 518 g/mol. The molecule has 9 nitrogen and oxygen atoms in total. The van der Waals surface area contributed by atoms with Crippen LogP contribution in [0.4, 0.5) is 0 Å². The molecule has 0 aliphatic heterocycles. The van der Waals surface area contributed by atoms with Crippen LogP contribution in [0.25, 0.3) is 0 Å². The predicted octanol–water partition coefficient (Wildman–Crippen LogP) is 3.32. The van der Waals surface area contributed by atoms with Crippen molar-refractivity contribution in [2.45, 2.75) is 99.1 Å². The molecule has 0 heterocycles. The van der Waals surface area contributed by atoms with Crippen molar-refractivity contribution in [2.24, 2.45) is 33.5 Å². The molecule has 4 rings (SSSR count). The summed E-state index contributed by atoms with van der Waals surface area (Å²) in [5, 5.41) is 0. The molecule has 9 heteroatoms. The van der Waals surface area contributed by atoms with Gasteiger partial charge in [0.1, 0.15) is 30.2 Å². The van der Waals surface area contributed by atoms with Crippen LogP contribution < -0.4 is 0 Å². The number of hydrogen-bond donors (Lipinski definition) is 0. The summed E-state index contributed by atoms with van der Waals surface area (Å²) in [5.74, 6) is -3.30. The van der Waals surface area contributed by atoms with Crippen molar-refractivity contribution in [1.29, 1.82) is 0 Å². The van der Waals surface area contributed by atoms with Crippen LogP contribution in [-0.2, 0) is 42.9 Å². The van der Waals surface area contributed by atoms with Crippen molar-refractivity contribution in [1.82, 2.24) is 0 Å². The molecule has 0 amide bonds. The summed E-state index contributed by atoms with van der Waals surface area (Å²) in [6.07, 6.45) is -2.59. The molecular weight excluding hydrogens is 480 g/mol. The number of carbonyl (C=O) groups is 5. The van der Waals surface area contributed by atoms with Gasteiger partial charge in [0.2, 0.25) is 0 Å². The van der Waals surface area contributed by atoms with Crippen molar-refractivity contribution in [3.63, 3.8) is 0 Å². The second-order valence-electron chi connectivity index (χ2n) is 12.1. The lowest BCUT2D eigenvalue weighted by Crippen LogP contribution is -2.63. The van der Waals surface area contributed by atoms with Gasteiger partial charge in [0.15, 0.2) is 0 Å². The van der Waals surface area contributed by atoms with E-state index in [-0.39, 0.29) is 12.2 Å². The molecule has 0 N–H and O–H groups in total. The minimum absolute atomic E-state index is 0.0521. The molecule has 0 aromatic carbocycles. The number of Topliss-reactive ketones (excluding diaryl/α,β-unsaturated/α-hetero) is 1. The highest BCUT2D eigenvalue weighted by atomic mass is 16.6. The van der Waals surface area contributed by atoms with Crippen LogP contribution in [0.2, 0.25) is 0 Å². The Labute approximate surface area is 217 Å². The van der Waals surface area contributed by atoms with Gasteiger partial charge in [0.05, 0.1) is 5.41 Å². The maximum Gasteiger partial charge on any atom is 0.303 e. The molecule has 204 valence electrons. The van der Waals surface area contributed by atoms with E-state index in [9.17, 15) is 24.0 Å². The van der Waals surface area contributed by atoms with Gasteiger partial charge >= 0.3 is 23.9 Å². The number of ketones is 1. The summed E-state index contributed by atoms with van der Waals surface area (Å²) in [5.41, 5.74) is -3.57. The van der Waals surface area contributed by atoms with Gasteiger partial charge in [-0.1, -0.05) is 34.3 Å². The Morgan fingerprint density at radius 2 is 1.30 bits per heavy atom. The largest absolute Gasteiger partial charge is 0.461 e. The van der Waals surface area contributed by atoms with Gasteiger partial charge in [-0.05, 0) is 23.8 Å². The minimum atomic E-state index is -1.20. The van der Waals surface area contributed by atoms with Gasteiger partial charge < -0.3 is 18.9 Å². The predicted molar refractivity (Wildman–Crippen MR) is 130 cm³/mol. The molecule has 4 aliphatic rings. The van der Waals surface area contributed by atoms with Crippen molar-refractivity contribution < 1.29 is 42.9 Å². The normalized spacial score (nSPS) is 43.4. The number of carbonyl (C=O) groups excluding carboxylic acids is 5. The van der Waals surface area contributed by atoms with E-state index in [2.05, 4.69) is 6.58 Å². The van der Waals surface area contributed by atoms with Gasteiger partial charge in [-0.3, -0.25) is 24.0 Å². The third-order valence-corrected chi connectivity index (χ3v) is 10.3. The number of hydrogen-bond acceptors (Lipinski definition) is 9. The van der Waals surface area contributed by atoms with E-state index < -0.39 is 81.8 Å². The molecule has 2 spiro atoms. The summed E-state index contributed by atoms with van der Waals surface area (Å²) in [6.45, 7) is 17.4. The number of esters is 4. The van der Waals surface area contributed by atoms with Crippen molar-refractivity contribution in [2.75, 3.05) is 0 Å². The lowest BCUT2D eigenvalue weighted by Gasteiger charge is -2.60. The van der Waals surface area contributed by atoms with Gasteiger partial charge in [-0.15, -0.1) is 0 Å². The smallest absolute Gasteiger partial charge is 0.303 e. The van der Waals surface area contributed by atoms with Crippen LogP contribution in [0.15, 0.2) is 12.2 Å². The van der Waals surface area contributed by atoms with Crippen LogP contribution in [0.3, 0.4) is 0 Å². The van der Waals surface area contributed by atoms with Crippen molar-refractivity contribution in [3.05, 3.63) is 12.2 Å². The lowest BCUT2D eigenvalue weighted by atomic mass is 9.42. The molecule has 0 saturated heterocycles. The maximum atomic E-state index is 13.7. The Hall–Kier alpha value is -2.71. The first-order chi connectivity index (χ1) is 17.0. The van der Waals surface area contributed by atoms with Crippen LogP contribution in [0.1, 0.15) is 74.7 Å². The Kier molecular flexibility index (Phi) is 6.20. The average molecular weight is 519 g/mol. The highest BCUT2D eigenvalue weighted by Gasteiger charge is 2.92. The third-order valence-electron chi connectivity index (χ3n) is 10.3. The topological polar surface area (TPSA) is 122 Å². The second kappa shape index (κ2) is 8.40. The summed E-state index contributed by atoms with van der Waals surface area (Å²) in [4.78, 5) is 63.5. The maximum absolute atomic E-state index is 13.7. The fraction of sp³-hybridized carbons (Fsp3) is 0.750. The van der Waals surface area contributed by atoms with Crippen molar-refractivity contribution >= 4 is 29.7 Å². The highest BCUT2D eigenvalue weighted by molar-refractivity contribution is 5.86. The Morgan fingerprint density at radius 3 is 1.81 bits per heavy atom. The molecule has 4 aliphatic carbocycles. The summed E-state index contributed by atoms with van der Waals surface area (Å²) < 4.78 is 24.0. The van der Waals surface area contributed by atoms with E-state index in [0.717, 1.165) is 0 Å². The summed E-state index contributed by atoms with van der Waals surface area (Å²) >= 11 is 0. The van der Waals surface area contributed by atoms with E-state index in [4.69, 9.17) is 18.9 Å². The minimum Gasteiger partial charge on any atom is -0.461 e. The van der Waals surface area contributed by atoms with Gasteiger partial charge in [0, 0.05) is 56.8 Å². The van der Waals surface area contributed by atoms with E-state index in [0.29, 0.717) is 18.4 Å². The summed E-state index contributed by atoms with van der Waals surface area (Å²) in [6, 6.07) is 0. The fourth-order valence-electron chi connectivity index (χ4n) is 9.47. The van der Waals surface area contributed by atoms with E-state index >= 15 is 0 Å². The zero-order chi connectivity index (χ0) is 27.9. The highest BCUT2D eigenvalue weighted by Crippen LogP contribution is 2.86. The second-order valence-corrected chi connectivity index (χ2v) is 12.1. The number of rotatable bonds is 4. The van der Waals surface area contributed by atoms with Crippen LogP contribution in [0, 0.1) is 33.5 Å². The lowest BCUT2D eigenvalue weighted by molar-refractivity contribution is -0.194. The summed E-state index contributed by atoms with van der Waals surface area (Å²) in [7, 11) is 0. The molecular formula is C28H38O9. The molecule has 2 unspecified atom stereocenters. The van der Waals surface area contributed by atoms with E-state index in [1.165, 1.54) is 27.7 Å². The molecule has 0 radical (unpaired) electrons. The van der Waals surface area contributed by atoms with Gasteiger partial charge in [0.25, 0.3) is 0 Å². The fourth-order valence-corrected chi connectivity index (χ4v) is 9.47. The molecule has 9 atom stereocenters. The number of ether oxygens (including phenoxy) is 4. The molecule has 4 fully saturated rings. The van der Waals surface area contributed by atoms with Crippen molar-refractivity contribution in [3.8, 4) is 0 Å². The van der Waals surface area contributed by atoms with E-state index in [1.54, 1.807) is 0 Å². The number of fused-ring (bicyclic) bond motifs is 1. The first-order valence-electron chi connectivity index (χ1n) is 12.9. The zero-order valence-electron chi connectivity index (χ0n) is 23.0. The Balaban J connectivity index is 2.17. The quantitative estimate of drug-likeness (QED) is 0.313.